The number of carbonyl (C=O) groups is 1. The molecule has 0 spiro atoms. The summed E-state index contributed by atoms with van der Waals surface area (Å²) in [5, 5.41) is 8.48. The summed E-state index contributed by atoms with van der Waals surface area (Å²) in [6.07, 6.45) is 4.08. The van der Waals surface area contributed by atoms with Crippen LogP contribution in [0.3, 0.4) is 0 Å². The third-order valence-electron chi connectivity index (χ3n) is 3.96. The van der Waals surface area contributed by atoms with Gasteiger partial charge in [-0.1, -0.05) is 39.5 Å². The van der Waals surface area contributed by atoms with Crippen molar-refractivity contribution in [1.29, 1.82) is 0 Å². The molecule has 2 heterocycles. The second-order valence-corrected chi connectivity index (χ2v) is 7.62. The van der Waals surface area contributed by atoms with Gasteiger partial charge in [-0.2, -0.15) is 0 Å². The van der Waals surface area contributed by atoms with E-state index in [0.717, 1.165) is 32.4 Å². The highest BCUT2D eigenvalue weighted by Gasteiger charge is 2.31. The SMILES string of the molecule is CCCc1nnc(S[C@@H](C(=O)N2CCC[C@@H](C)C2)C(C)C)o1. The van der Waals surface area contributed by atoms with Crippen molar-refractivity contribution < 1.29 is 9.21 Å². The van der Waals surface area contributed by atoms with Crippen LogP contribution in [0, 0.1) is 11.8 Å². The van der Waals surface area contributed by atoms with E-state index >= 15 is 0 Å². The van der Waals surface area contributed by atoms with E-state index in [0.29, 0.717) is 17.0 Å². The number of hydrogen-bond donors (Lipinski definition) is 0. The van der Waals surface area contributed by atoms with Gasteiger partial charge < -0.3 is 9.32 Å². The van der Waals surface area contributed by atoms with Gasteiger partial charge in [0, 0.05) is 19.5 Å². The standard InChI is InChI=1S/C16H27N3O2S/c1-5-7-13-17-18-16(21-13)22-14(11(2)3)15(20)19-9-6-8-12(4)10-19/h11-12,14H,5-10H2,1-4H3/t12-,14-/m1/s1. The minimum absolute atomic E-state index is 0.153. The van der Waals surface area contributed by atoms with Gasteiger partial charge in [-0.25, -0.2) is 0 Å². The zero-order valence-corrected chi connectivity index (χ0v) is 14.9. The van der Waals surface area contributed by atoms with Gasteiger partial charge in [0.05, 0.1) is 5.25 Å². The number of aromatic nitrogens is 2. The topological polar surface area (TPSA) is 59.2 Å². The molecule has 0 aromatic carbocycles. The fourth-order valence-electron chi connectivity index (χ4n) is 2.75. The first-order chi connectivity index (χ1) is 10.5. The molecule has 2 atom stereocenters. The number of carbonyl (C=O) groups excluding carboxylic acids is 1. The summed E-state index contributed by atoms with van der Waals surface area (Å²) in [7, 11) is 0. The average molecular weight is 325 g/mol. The molecule has 5 nitrogen and oxygen atoms in total. The molecular formula is C16H27N3O2S. The molecule has 6 heteroatoms. The average Bonchev–Trinajstić information content (AvgIpc) is 2.91. The van der Waals surface area contributed by atoms with Gasteiger partial charge in [-0.3, -0.25) is 4.79 Å². The summed E-state index contributed by atoms with van der Waals surface area (Å²) >= 11 is 1.41. The van der Waals surface area contributed by atoms with Gasteiger partial charge in [-0.05, 0) is 31.1 Å². The van der Waals surface area contributed by atoms with E-state index in [1.807, 2.05) is 4.90 Å². The van der Waals surface area contributed by atoms with Crippen LogP contribution in [0.5, 0.6) is 0 Å². The molecule has 1 aromatic heterocycles. The molecule has 0 aliphatic carbocycles. The van der Waals surface area contributed by atoms with E-state index in [2.05, 4.69) is 37.9 Å². The normalized spacial score (nSPS) is 20.4. The summed E-state index contributed by atoms with van der Waals surface area (Å²) in [5.41, 5.74) is 0. The molecule has 0 radical (unpaired) electrons. The number of rotatable bonds is 6. The molecule has 1 saturated heterocycles. The smallest absolute Gasteiger partial charge is 0.277 e. The van der Waals surface area contributed by atoms with Crippen molar-refractivity contribution in [2.24, 2.45) is 11.8 Å². The minimum atomic E-state index is -0.153. The molecule has 0 bridgehead atoms. The Morgan fingerprint density at radius 3 is 2.86 bits per heavy atom. The maximum Gasteiger partial charge on any atom is 0.277 e. The Bertz CT molecular complexity index is 489. The fraction of sp³-hybridized carbons (Fsp3) is 0.812. The van der Waals surface area contributed by atoms with Crippen molar-refractivity contribution in [3.8, 4) is 0 Å². The molecule has 2 rings (SSSR count). The predicted octanol–water partition coefficient (Wildman–Crippen LogP) is 3.40. The monoisotopic (exact) mass is 325 g/mol. The first-order valence-corrected chi connectivity index (χ1v) is 9.17. The van der Waals surface area contributed by atoms with Crippen LogP contribution in [0.4, 0.5) is 0 Å². The van der Waals surface area contributed by atoms with Gasteiger partial charge in [-0.15, -0.1) is 10.2 Å². The van der Waals surface area contributed by atoms with Gasteiger partial charge in [0.1, 0.15) is 0 Å². The number of nitrogens with zero attached hydrogens (tertiary/aromatic N) is 3. The van der Waals surface area contributed by atoms with E-state index in [4.69, 9.17) is 4.42 Å². The first kappa shape index (κ1) is 17.3. The van der Waals surface area contributed by atoms with E-state index in [1.54, 1.807) is 0 Å². The Labute approximate surface area is 137 Å². The minimum Gasteiger partial charge on any atom is -0.416 e. The summed E-state index contributed by atoms with van der Waals surface area (Å²) in [4.78, 5) is 14.8. The van der Waals surface area contributed by atoms with Crippen molar-refractivity contribution in [1.82, 2.24) is 15.1 Å². The number of hydrogen-bond acceptors (Lipinski definition) is 5. The number of piperidine rings is 1. The van der Waals surface area contributed by atoms with Crippen LogP contribution >= 0.6 is 11.8 Å². The first-order valence-electron chi connectivity index (χ1n) is 8.29. The van der Waals surface area contributed by atoms with E-state index < -0.39 is 0 Å². The van der Waals surface area contributed by atoms with Crippen molar-refractivity contribution >= 4 is 17.7 Å². The fourth-order valence-corrected chi connectivity index (χ4v) is 3.72. The summed E-state index contributed by atoms with van der Waals surface area (Å²) in [6, 6.07) is 0. The highest BCUT2D eigenvalue weighted by molar-refractivity contribution is 8.00. The van der Waals surface area contributed by atoms with Crippen molar-refractivity contribution in [3.05, 3.63) is 5.89 Å². The summed E-state index contributed by atoms with van der Waals surface area (Å²) in [5.74, 6) is 1.69. The largest absolute Gasteiger partial charge is 0.416 e. The Kier molecular flexibility index (Phi) is 6.29. The molecule has 22 heavy (non-hydrogen) atoms. The number of amides is 1. The van der Waals surface area contributed by atoms with Gasteiger partial charge in [0.2, 0.25) is 11.8 Å². The molecule has 124 valence electrons. The van der Waals surface area contributed by atoms with E-state index in [1.165, 1.54) is 18.2 Å². The van der Waals surface area contributed by atoms with Gasteiger partial charge in [0.15, 0.2) is 0 Å². The van der Waals surface area contributed by atoms with Crippen LogP contribution in [-0.2, 0) is 11.2 Å². The van der Waals surface area contributed by atoms with Crippen LogP contribution < -0.4 is 0 Å². The quantitative estimate of drug-likeness (QED) is 0.750. The van der Waals surface area contributed by atoms with Crippen LogP contribution in [-0.4, -0.2) is 39.3 Å². The lowest BCUT2D eigenvalue weighted by Crippen LogP contribution is -2.45. The van der Waals surface area contributed by atoms with E-state index in [9.17, 15) is 4.79 Å². The molecule has 1 fully saturated rings. The molecule has 0 unspecified atom stereocenters. The summed E-state index contributed by atoms with van der Waals surface area (Å²) < 4.78 is 5.63. The van der Waals surface area contributed by atoms with Crippen LogP contribution in [0.25, 0.3) is 0 Å². The highest BCUT2D eigenvalue weighted by atomic mass is 32.2. The number of likely N-dealkylation sites (tertiary alicyclic amines) is 1. The van der Waals surface area contributed by atoms with Crippen LogP contribution in [0.2, 0.25) is 0 Å². The third-order valence-corrected chi connectivity index (χ3v) is 5.32. The summed E-state index contributed by atoms with van der Waals surface area (Å²) in [6.45, 7) is 10.2. The maximum atomic E-state index is 12.8. The van der Waals surface area contributed by atoms with E-state index in [-0.39, 0.29) is 17.1 Å². The van der Waals surface area contributed by atoms with Crippen LogP contribution in [0.1, 0.15) is 52.8 Å². The lowest BCUT2D eigenvalue weighted by Gasteiger charge is -2.34. The highest BCUT2D eigenvalue weighted by Crippen LogP contribution is 2.30. The van der Waals surface area contributed by atoms with Gasteiger partial charge >= 0.3 is 0 Å². The molecule has 0 saturated carbocycles. The number of thioether (sulfide) groups is 1. The van der Waals surface area contributed by atoms with Crippen LogP contribution in [0.15, 0.2) is 9.64 Å². The lowest BCUT2D eigenvalue weighted by molar-refractivity contribution is -0.133. The Balaban J connectivity index is 2.03. The second kappa shape index (κ2) is 7.99. The van der Waals surface area contributed by atoms with Crippen molar-refractivity contribution in [2.75, 3.05) is 13.1 Å². The molecule has 1 aliphatic heterocycles. The van der Waals surface area contributed by atoms with Crippen molar-refractivity contribution in [3.63, 3.8) is 0 Å². The zero-order chi connectivity index (χ0) is 16.1. The molecule has 0 N–H and O–H groups in total. The second-order valence-electron chi connectivity index (χ2n) is 6.53. The lowest BCUT2D eigenvalue weighted by atomic mass is 9.99. The molecular weight excluding hydrogens is 298 g/mol. The predicted molar refractivity (Wildman–Crippen MR) is 87.8 cm³/mol. The number of aryl methyl sites for hydroxylation is 1. The van der Waals surface area contributed by atoms with Gasteiger partial charge in [0.25, 0.3) is 5.22 Å². The maximum absolute atomic E-state index is 12.8. The Morgan fingerprint density at radius 1 is 1.45 bits per heavy atom. The molecule has 1 aliphatic rings. The third kappa shape index (κ3) is 4.48. The zero-order valence-electron chi connectivity index (χ0n) is 14.0. The molecule has 1 aromatic rings. The Hall–Kier alpha value is -1.04. The molecule has 1 amide bonds. The van der Waals surface area contributed by atoms with Crippen molar-refractivity contribution in [2.45, 2.75) is 63.9 Å². The Morgan fingerprint density at radius 2 is 2.23 bits per heavy atom.